The van der Waals surface area contributed by atoms with Gasteiger partial charge in [0.15, 0.2) is 0 Å². The Morgan fingerprint density at radius 3 is 2.61 bits per heavy atom. The van der Waals surface area contributed by atoms with E-state index in [4.69, 9.17) is 9.72 Å². The molecule has 2 aromatic heterocycles. The molecule has 3 heterocycles. The number of carboxylic acid groups (broad SMARTS) is 1. The predicted octanol–water partition coefficient (Wildman–Crippen LogP) is 6.97. The summed E-state index contributed by atoms with van der Waals surface area (Å²) in [5.41, 5.74) is 6.95. The van der Waals surface area contributed by atoms with E-state index in [9.17, 15) is 15.0 Å². The third-order valence-electron chi connectivity index (χ3n) is 7.02. The molecule has 0 amide bonds. The Kier molecular flexibility index (Phi) is 8.32. The van der Waals surface area contributed by atoms with Gasteiger partial charge in [0.05, 0.1) is 29.7 Å². The number of nitrogens with zero attached hydrogens (tertiary/aromatic N) is 2. The molecule has 0 saturated heterocycles. The van der Waals surface area contributed by atoms with Gasteiger partial charge in [0.2, 0.25) is 0 Å². The van der Waals surface area contributed by atoms with Crippen LogP contribution in [0.5, 0.6) is 5.75 Å². The lowest BCUT2D eigenvalue weighted by Gasteiger charge is -2.21. The highest BCUT2D eigenvalue weighted by Crippen LogP contribution is 2.42. The largest absolute Gasteiger partial charge is 0.493 e. The first-order chi connectivity index (χ1) is 18.1. The van der Waals surface area contributed by atoms with Gasteiger partial charge in [-0.05, 0) is 86.7 Å². The Labute approximate surface area is 224 Å². The van der Waals surface area contributed by atoms with Crippen molar-refractivity contribution in [3.8, 4) is 16.9 Å². The molecule has 0 aliphatic carbocycles. The fourth-order valence-electron chi connectivity index (χ4n) is 5.15. The molecule has 1 aliphatic heterocycles. The second kappa shape index (κ2) is 11.5. The zero-order valence-corrected chi connectivity index (χ0v) is 23.1. The van der Waals surface area contributed by atoms with Crippen molar-refractivity contribution < 1.29 is 19.7 Å². The Morgan fingerprint density at radius 1 is 1.11 bits per heavy atom. The molecule has 0 unspecified atom stereocenters. The van der Waals surface area contributed by atoms with E-state index >= 15 is 0 Å². The van der Waals surface area contributed by atoms with Gasteiger partial charge in [0.25, 0.3) is 0 Å². The number of fused-ring (bicyclic) bond motifs is 1. The van der Waals surface area contributed by atoms with Crippen molar-refractivity contribution in [2.75, 3.05) is 6.61 Å². The lowest BCUT2D eigenvalue weighted by Crippen LogP contribution is -2.17. The molecule has 5 rings (SSSR count). The lowest BCUT2D eigenvalue weighted by atomic mass is 9.88. The van der Waals surface area contributed by atoms with Crippen LogP contribution in [0.25, 0.3) is 32.9 Å². The fraction of sp³-hybridized carbons (Fsp3) is 0.406. The molecule has 6 heteroatoms. The third kappa shape index (κ3) is 6.13. The van der Waals surface area contributed by atoms with Crippen molar-refractivity contribution in [3.63, 3.8) is 0 Å². The van der Waals surface area contributed by atoms with Crippen LogP contribution >= 0.6 is 0 Å². The normalized spacial score (nSPS) is 12.7. The Morgan fingerprint density at radius 2 is 1.89 bits per heavy atom. The number of aromatic nitrogens is 2. The average Bonchev–Trinajstić information content (AvgIpc) is 2.85. The molecule has 0 atom stereocenters. The van der Waals surface area contributed by atoms with Crippen LogP contribution in [0.15, 0.2) is 42.6 Å². The summed E-state index contributed by atoms with van der Waals surface area (Å²) in [6.45, 7) is 10.5. The van der Waals surface area contributed by atoms with Gasteiger partial charge in [0.1, 0.15) is 5.75 Å². The first-order valence-corrected chi connectivity index (χ1v) is 13.5. The number of ether oxygens (including phenoxy) is 1. The number of carbonyl (C=O) groups is 1. The summed E-state index contributed by atoms with van der Waals surface area (Å²) in [5, 5.41) is 20.8. The summed E-state index contributed by atoms with van der Waals surface area (Å²) in [7, 11) is 0. The molecule has 0 fully saturated rings. The summed E-state index contributed by atoms with van der Waals surface area (Å²) < 4.78 is 5.86. The van der Waals surface area contributed by atoms with Crippen LogP contribution in [-0.2, 0) is 17.6 Å². The monoisotopic (exact) mass is 514 g/mol. The number of pyridine rings is 2. The summed E-state index contributed by atoms with van der Waals surface area (Å²) in [4.78, 5) is 21.1. The van der Waals surface area contributed by atoms with Gasteiger partial charge in [0, 0.05) is 34.6 Å². The van der Waals surface area contributed by atoms with E-state index in [1.54, 1.807) is 0 Å². The van der Waals surface area contributed by atoms with Crippen molar-refractivity contribution in [3.05, 3.63) is 65.0 Å². The third-order valence-corrected chi connectivity index (χ3v) is 7.02. The number of aliphatic hydroxyl groups is 1. The summed E-state index contributed by atoms with van der Waals surface area (Å²) in [6, 6.07) is 12.0. The first-order valence-electron chi connectivity index (χ1n) is 13.5. The molecule has 0 bridgehead atoms. The number of benzene rings is 2. The zero-order chi connectivity index (χ0) is 27.4. The maximum absolute atomic E-state index is 11.7. The quantitative estimate of drug-likeness (QED) is 0.259. The lowest BCUT2D eigenvalue weighted by molar-refractivity contribution is -0.136. The summed E-state index contributed by atoms with van der Waals surface area (Å²) in [5.74, 6) is -0.0170. The molecule has 0 spiro atoms. The Balaban J connectivity index is 0.000000323. The molecule has 0 saturated carbocycles. The van der Waals surface area contributed by atoms with Gasteiger partial charge in [-0.1, -0.05) is 32.3 Å². The van der Waals surface area contributed by atoms with Gasteiger partial charge in [-0.25, -0.2) is 0 Å². The standard InChI is InChI=1S/C24H20N2O3.C8H18O/c1-13-11-19-16(4-3-14(2)26-19)23(18(13)12-21(27)28)17-5-6-20-22-15(8-10-29-20)7-9-25-24(17)22;1-4-5-6-7-8(2,3)9/h3-7,9,11H,8,10,12H2,1-2H3,(H,27,28);9H,4-7H2,1-3H3. The number of hydrogen-bond acceptors (Lipinski definition) is 5. The average molecular weight is 515 g/mol. The second-order valence-electron chi connectivity index (χ2n) is 10.8. The van der Waals surface area contributed by atoms with Crippen molar-refractivity contribution in [2.45, 2.75) is 78.7 Å². The highest BCUT2D eigenvalue weighted by Gasteiger charge is 2.22. The van der Waals surface area contributed by atoms with Crippen molar-refractivity contribution in [1.82, 2.24) is 9.97 Å². The minimum atomic E-state index is -0.854. The number of rotatable bonds is 7. The molecule has 200 valence electrons. The maximum atomic E-state index is 11.7. The minimum Gasteiger partial charge on any atom is -0.493 e. The SMILES string of the molecule is CCCCCC(C)(C)O.Cc1ccc2c(-c3ccc4c5c(ccnc35)CCO4)c(CC(=O)O)c(C)cc2n1. The van der Waals surface area contributed by atoms with E-state index in [-0.39, 0.29) is 6.42 Å². The van der Waals surface area contributed by atoms with Crippen LogP contribution in [-0.4, -0.2) is 38.4 Å². The molecular formula is C32H38N2O4. The number of hydrogen-bond donors (Lipinski definition) is 2. The fourth-order valence-corrected chi connectivity index (χ4v) is 5.15. The molecule has 6 nitrogen and oxygen atoms in total. The number of aliphatic carboxylic acids is 1. The predicted molar refractivity (Wildman–Crippen MR) is 153 cm³/mol. The number of unbranched alkanes of at least 4 members (excludes halogenated alkanes) is 2. The van der Waals surface area contributed by atoms with E-state index in [0.29, 0.717) is 6.61 Å². The van der Waals surface area contributed by atoms with Crippen LogP contribution in [0.2, 0.25) is 0 Å². The molecule has 38 heavy (non-hydrogen) atoms. The number of aryl methyl sites for hydroxylation is 2. The van der Waals surface area contributed by atoms with Gasteiger partial charge in [-0.3, -0.25) is 14.8 Å². The van der Waals surface area contributed by atoms with Crippen LogP contribution < -0.4 is 4.74 Å². The first kappa shape index (κ1) is 27.5. The van der Waals surface area contributed by atoms with Crippen LogP contribution in [0.1, 0.15) is 68.8 Å². The van der Waals surface area contributed by atoms with E-state index in [1.165, 1.54) is 18.4 Å². The van der Waals surface area contributed by atoms with Gasteiger partial charge in [-0.2, -0.15) is 0 Å². The van der Waals surface area contributed by atoms with Gasteiger partial charge in [-0.15, -0.1) is 0 Å². The molecule has 4 aromatic rings. The van der Waals surface area contributed by atoms with Crippen molar-refractivity contribution in [2.24, 2.45) is 0 Å². The molecule has 2 N–H and O–H groups in total. The molecule has 0 radical (unpaired) electrons. The molecule has 2 aromatic carbocycles. The van der Waals surface area contributed by atoms with E-state index in [2.05, 4.69) is 11.9 Å². The smallest absolute Gasteiger partial charge is 0.307 e. The second-order valence-corrected chi connectivity index (χ2v) is 10.8. The highest BCUT2D eigenvalue weighted by atomic mass is 16.5. The maximum Gasteiger partial charge on any atom is 0.307 e. The Hall–Kier alpha value is -3.51. The summed E-state index contributed by atoms with van der Waals surface area (Å²) in [6.07, 6.45) is 7.17. The highest BCUT2D eigenvalue weighted by molar-refractivity contribution is 6.07. The van der Waals surface area contributed by atoms with Crippen molar-refractivity contribution >= 4 is 27.8 Å². The van der Waals surface area contributed by atoms with Crippen LogP contribution in [0.3, 0.4) is 0 Å². The van der Waals surface area contributed by atoms with Gasteiger partial charge < -0.3 is 14.9 Å². The Bertz CT molecular complexity index is 1460. The zero-order valence-electron chi connectivity index (χ0n) is 23.1. The number of carboxylic acids is 1. The minimum absolute atomic E-state index is 0.0512. The van der Waals surface area contributed by atoms with Crippen LogP contribution in [0, 0.1) is 13.8 Å². The van der Waals surface area contributed by atoms with Gasteiger partial charge >= 0.3 is 5.97 Å². The van der Waals surface area contributed by atoms with E-state index in [0.717, 1.165) is 74.8 Å². The topological polar surface area (TPSA) is 92.5 Å². The van der Waals surface area contributed by atoms with Crippen molar-refractivity contribution in [1.29, 1.82) is 0 Å². The van der Waals surface area contributed by atoms with Crippen LogP contribution in [0.4, 0.5) is 0 Å². The molecular weight excluding hydrogens is 476 g/mol. The van der Waals surface area contributed by atoms with E-state index in [1.807, 2.05) is 70.3 Å². The summed E-state index contributed by atoms with van der Waals surface area (Å²) >= 11 is 0. The molecule has 1 aliphatic rings. The van der Waals surface area contributed by atoms with E-state index < -0.39 is 11.6 Å².